The van der Waals surface area contributed by atoms with Gasteiger partial charge in [-0.3, -0.25) is 37.3 Å². The highest BCUT2D eigenvalue weighted by Gasteiger charge is 2.30. The first kappa shape index (κ1) is 103. The van der Waals surface area contributed by atoms with Crippen molar-refractivity contribution in [3.8, 4) is 0 Å². The molecule has 3 unspecified atom stereocenters. The minimum atomic E-state index is -4.97. The van der Waals surface area contributed by atoms with Gasteiger partial charge in [-0.05, 0) is 31.6 Å². The second kappa shape index (κ2) is 78.7. The van der Waals surface area contributed by atoms with Crippen molar-refractivity contribution in [2.24, 2.45) is 5.92 Å². The van der Waals surface area contributed by atoms with Crippen molar-refractivity contribution in [3.63, 3.8) is 0 Å². The summed E-state index contributed by atoms with van der Waals surface area (Å²) < 4.78 is 68.9. The Labute approximate surface area is 645 Å². The van der Waals surface area contributed by atoms with E-state index in [1.54, 1.807) is 0 Å². The molecule has 0 aliphatic heterocycles. The molecular weight excluding hydrogens is 1370 g/mol. The van der Waals surface area contributed by atoms with E-state index >= 15 is 0 Å². The Morgan fingerprint density at radius 1 is 0.267 bits per heavy atom. The average Bonchev–Trinajstić information content (AvgIpc) is 0.911. The Hall–Kier alpha value is -1.94. The first-order valence-electron chi connectivity index (χ1n) is 44.7. The first-order chi connectivity index (χ1) is 51.1. The number of carbonyl (C=O) groups excluding carboxylic acids is 4. The molecule has 0 saturated carbocycles. The van der Waals surface area contributed by atoms with Crippen LogP contribution in [-0.4, -0.2) is 96.7 Å². The largest absolute Gasteiger partial charge is 0.472 e. The Balaban J connectivity index is 5.22. The number of aliphatic hydroxyl groups is 1. The third kappa shape index (κ3) is 78.5. The molecule has 624 valence electrons. The maximum absolute atomic E-state index is 13.1. The van der Waals surface area contributed by atoms with E-state index in [2.05, 4.69) is 34.6 Å². The molecule has 0 radical (unpaired) electrons. The molecule has 0 rings (SSSR count). The van der Waals surface area contributed by atoms with Gasteiger partial charge < -0.3 is 33.8 Å². The summed E-state index contributed by atoms with van der Waals surface area (Å²) in [7, 11) is -9.93. The van der Waals surface area contributed by atoms with Gasteiger partial charge in [-0.15, -0.1) is 0 Å². The fourth-order valence-electron chi connectivity index (χ4n) is 13.4. The predicted molar refractivity (Wildman–Crippen MR) is 432 cm³/mol. The zero-order chi connectivity index (χ0) is 76.9. The van der Waals surface area contributed by atoms with Crippen molar-refractivity contribution in [1.29, 1.82) is 0 Å². The topological polar surface area (TPSA) is 237 Å². The molecule has 19 heteroatoms. The lowest BCUT2D eigenvalue weighted by Crippen LogP contribution is -2.30. The van der Waals surface area contributed by atoms with E-state index < -0.39 is 97.5 Å². The van der Waals surface area contributed by atoms with Crippen LogP contribution in [0.2, 0.25) is 0 Å². The molecule has 3 N–H and O–H groups in total. The molecule has 17 nitrogen and oxygen atoms in total. The van der Waals surface area contributed by atoms with Crippen molar-refractivity contribution in [1.82, 2.24) is 0 Å². The lowest BCUT2D eigenvalue weighted by atomic mass is 10.00. The maximum atomic E-state index is 13.1. The summed E-state index contributed by atoms with van der Waals surface area (Å²) in [6, 6.07) is 0. The van der Waals surface area contributed by atoms with Crippen LogP contribution in [0.5, 0.6) is 0 Å². The Kier molecular flexibility index (Phi) is 77.3. The van der Waals surface area contributed by atoms with Crippen LogP contribution >= 0.6 is 15.6 Å². The third-order valence-corrected chi connectivity index (χ3v) is 22.5. The fraction of sp³-hybridized carbons (Fsp3) is 0.953. The monoisotopic (exact) mass is 1540 g/mol. The van der Waals surface area contributed by atoms with Gasteiger partial charge in [-0.2, -0.15) is 0 Å². The molecule has 0 saturated heterocycles. The van der Waals surface area contributed by atoms with E-state index in [1.807, 2.05) is 0 Å². The zero-order valence-electron chi connectivity index (χ0n) is 68.9. The second-order valence-corrected chi connectivity index (χ2v) is 34.1. The lowest BCUT2D eigenvalue weighted by Gasteiger charge is -2.21. The number of hydrogen-bond acceptors (Lipinski definition) is 15. The first-order valence-corrected chi connectivity index (χ1v) is 47.7. The number of rotatable bonds is 86. The number of unbranched alkanes of at least 4 members (excludes halogenated alkanes) is 57. The SMILES string of the molecule is CCCCCCCCCCCCCCCCCCCCCCCCC(=O)O[C@H](COC(=O)CCCCCCCCCCCCCCCCCCCC)COP(=O)(O)OC[C@@H](O)COP(=O)(O)OC[C@@H](COC(=O)CCCCCCCCC(C)CC)OC(=O)CCCCCCCCCCCCCCCCC. The minimum Gasteiger partial charge on any atom is -0.462 e. The van der Waals surface area contributed by atoms with Gasteiger partial charge in [-0.1, -0.05) is 413 Å². The molecule has 105 heavy (non-hydrogen) atoms. The molecular formula is C86H168O17P2. The van der Waals surface area contributed by atoms with Crippen molar-refractivity contribution in [3.05, 3.63) is 0 Å². The van der Waals surface area contributed by atoms with Crippen molar-refractivity contribution in [2.45, 2.75) is 483 Å². The normalized spacial score (nSPS) is 14.0. The molecule has 0 fully saturated rings. The summed E-state index contributed by atoms with van der Waals surface area (Å²) >= 11 is 0. The van der Waals surface area contributed by atoms with E-state index in [9.17, 15) is 43.2 Å². The van der Waals surface area contributed by atoms with Crippen LogP contribution in [0.1, 0.15) is 465 Å². The van der Waals surface area contributed by atoms with E-state index in [-0.39, 0.29) is 25.7 Å². The Bertz CT molecular complexity index is 2000. The lowest BCUT2D eigenvalue weighted by molar-refractivity contribution is -0.161. The van der Waals surface area contributed by atoms with E-state index in [0.717, 1.165) is 102 Å². The highest BCUT2D eigenvalue weighted by molar-refractivity contribution is 7.47. The van der Waals surface area contributed by atoms with Crippen LogP contribution < -0.4 is 0 Å². The van der Waals surface area contributed by atoms with Gasteiger partial charge in [0.05, 0.1) is 26.4 Å². The summed E-state index contributed by atoms with van der Waals surface area (Å²) in [6.07, 6.45) is 72.3. The summed E-state index contributed by atoms with van der Waals surface area (Å²) in [5, 5.41) is 10.7. The van der Waals surface area contributed by atoms with Crippen LogP contribution in [0.15, 0.2) is 0 Å². The molecule has 6 atom stereocenters. The van der Waals surface area contributed by atoms with E-state index in [1.165, 1.54) is 283 Å². The molecule has 0 aliphatic rings. The second-order valence-electron chi connectivity index (χ2n) is 31.2. The predicted octanol–water partition coefficient (Wildman–Crippen LogP) is 26.4. The third-order valence-electron chi connectivity index (χ3n) is 20.6. The standard InChI is InChI=1S/C86H168O17P2/c1-6-10-13-16-19-22-25-28-31-33-35-36-37-38-40-43-46-49-52-55-62-67-71-85(90)102-81(75-96-83(88)69-64-59-53-50-47-44-42-39-34-32-29-26-23-20-17-14-11-7-2)77-100-104(92,93)98-73-80(87)74-99-105(94,95)101-78-82(76-97-84(89)70-65-60-57-56-58-63-68-79(5)9-4)103-86(91)72-66-61-54-51-48-45-41-30-27-24-21-18-15-12-8-3/h79-82,87H,6-78H2,1-5H3,(H,92,93)(H,94,95)/t79?,80-,81-,82-/m1/s1. The van der Waals surface area contributed by atoms with Crippen molar-refractivity contribution < 1.29 is 80.2 Å². The number of ether oxygens (including phenoxy) is 4. The van der Waals surface area contributed by atoms with E-state index in [4.69, 9.17) is 37.0 Å². The molecule has 0 aromatic carbocycles. The van der Waals surface area contributed by atoms with Crippen LogP contribution in [-0.2, 0) is 65.4 Å². The molecule has 0 heterocycles. The highest BCUT2D eigenvalue weighted by Crippen LogP contribution is 2.45. The number of hydrogen-bond donors (Lipinski definition) is 3. The summed E-state index contributed by atoms with van der Waals surface area (Å²) in [5.41, 5.74) is 0. The zero-order valence-corrected chi connectivity index (χ0v) is 70.7. The van der Waals surface area contributed by atoms with Crippen LogP contribution in [0.3, 0.4) is 0 Å². The van der Waals surface area contributed by atoms with Gasteiger partial charge >= 0.3 is 39.5 Å². The summed E-state index contributed by atoms with van der Waals surface area (Å²) in [4.78, 5) is 73.2. The molecule has 0 spiro atoms. The van der Waals surface area contributed by atoms with Crippen LogP contribution in [0, 0.1) is 5.92 Å². The van der Waals surface area contributed by atoms with Crippen LogP contribution in [0.4, 0.5) is 0 Å². The highest BCUT2D eigenvalue weighted by atomic mass is 31.2. The number of phosphoric acid groups is 2. The molecule has 0 amide bonds. The Morgan fingerprint density at radius 3 is 0.676 bits per heavy atom. The Morgan fingerprint density at radius 2 is 0.457 bits per heavy atom. The summed E-state index contributed by atoms with van der Waals surface area (Å²) in [6.45, 7) is 7.32. The smallest absolute Gasteiger partial charge is 0.462 e. The molecule has 0 aromatic heterocycles. The van der Waals surface area contributed by atoms with Gasteiger partial charge in [0.2, 0.25) is 0 Å². The number of esters is 4. The van der Waals surface area contributed by atoms with Gasteiger partial charge in [0.25, 0.3) is 0 Å². The molecule has 0 bridgehead atoms. The number of carbonyl (C=O) groups is 4. The van der Waals surface area contributed by atoms with Gasteiger partial charge in [0.1, 0.15) is 19.3 Å². The quantitative estimate of drug-likeness (QED) is 0.0222. The minimum absolute atomic E-state index is 0.108. The van der Waals surface area contributed by atoms with Crippen molar-refractivity contribution in [2.75, 3.05) is 39.6 Å². The van der Waals surface area contributed by atoms with E-state index in [0.29, 0.717) is 25.7 Å². The number of aliphatic hydroxyl groups excluding tert-OH is 1. The van der Waals surface area contributed by atoms with Gasteiger partial charge in [-0.25, -0.2) is 9.13 Å². The van der Waals surface area contributed by atoms with Gasteiger partial charge in [0.15, 0.2) is 12.2 Å². The van der Waals surface area contributed by atoms with Crippen LogP contribution in [0.25, 0.3) is 0 Å². The molecule has 0 aliphatic carbocycles. The number of phosphoric ester groups is 2. The summed E-state index contributed by atoms with van der Waals surface area (Å²) in [5.74, 6) is -1.37. The fourth-order valence-corrected chi connectivity index (χ4v) is 15.0. The maximum Gasteiger partial charge on any atom is 0.472 e. The van der Waals surface area contributed by atoms with Gasteiger partial charge in [0, 0.05) is 25.7 Å². The average molecular weight is 1540 g/mol. The molecule has 0 aromatic rings. The van der Waals surface area contributed by atoms with Crippen molar-refractivity contribution >= 4 is 39.5 Å².